The molecule has 1 aliphatic heterocycles. The van der Waals surface area contributed by atoms with Gasteiger partial charge in [-0.25, -0.2) is 0 Å². The van der Waals surface area contributed by atoms with Gasteiger partial charge < -0.3 is 15.4 Å². The van der Waals surface area contributed by atoms with Gasteiger partial charge in [-0.15, -0.1) is 0 Å². The van der Waals surface area contributed by atoms with Crippen molar-refractivity contribution in [2.45, 2.75) is 17.4 Å². The number of nitrogens with two attached hydrogens (primary N) is 1. The minimum absolute atomic E-state index is 0.253. The lowest BCUT2D eigenvalue weighted by atomic mass is 9.85. The van der Waals surface area contributed by atoms with Crippen LogP contribution in [0.4, 0.5) is 0 Å². The van der Waals surface area contributed by atoms with Crippen LogP contribution in [0.25, 0.3) is 0 Å². The number of likely N-dealkylation sites (N-methyl/N-ethyl adjacent to an activating group) is 1. The minimum atomic E-state index is 0.253. The van der Waals surface area contributed by atoms with Gasteiger partial charge in [-0.05, 0) is 60.0 Å². The predicted molar refractivity (Wildman–Crippen MR) is 115 cm³/mol. The zero-order chi connectivity index (χ0) is 19.2. The quantitative estimate of drug-likeness (QED) is 0.491. The van der Waals surface area contributed by atoms with E-state index in [1.165, 1.54) is 21.6 Å². The number of fused-ring (bicyclic) bond motifs is 1. The number of nitrogens with zero attached hydrogens (tertiary/aromatic N) is 1. The molecule has 0 aliphatic carbocycles. The number of rotatable bonds is 8. The molecule has 3 rings (SSSR count). The monoisotopic (exact) mass is 425 g/mol. The molecule has 2 aromatic rings. The Labute approximate surface area is 175 Å². The van der Waals surface area contributed by atoms with Crippen LogP contribution in [0.3, 0.4) is 0 Å². The third-order valence-corrected chi connectivity index (χ3v) is 5.95. The fourth-order valence-corrected chi connectivity index (χ4v) is 4.62. The Kier molecular flexibility index (Phi) is 7.85. The Morgan fingerprint density at radius 2 is 2.11 bits per heavy atom. The fraction of sp³-hybridized carbons (Fsp3) is 0.400. The molecule has 1 unspecified atom stereocenters. The highest BCUT2D eigenvalue weighted by molar-refractivity contribution is 7.97. The number of ether oxygens (including phenoxy) is 1. The van der Waals surface area contributed by atoms with Crippen LogP contribution in [0.15, 0.2) is 41.3 Å². The second kappa shape index (κ2) is 10.1. The summed E-state index contributed by atoms with van der Waals surface area (Å²) < 4.78 is 8.72. The molecular weight excluding hydrogens is 401 g/mol. The van der Waals surface area contributed by atoms with E-state index in [0.29, 0.717) is 24.8 Å². The number of hydrogen-bond donors (Lipinski definition) is 2. The maximum atomic E-state index is 6.47. The zero-order valence-corrected chi connectivity index (χ0v) is 17.7. The second-order valence-electron chi connectivity index (χ2n) is 6.67. The number of hydrogen-bond acceptors (Lipinski definition) is 5. The van der Waals surface area contributed by atoms with Crippen LogP contribution in [0, 0.1) is 0 Å². The average Bonchev–Trinajstić information content (AvgIpc) is 2.65. The highest BCUT2D eigenvalue weighted by atomic mass is 35.5. The topological polar surface area (TPSA) is 50.5 Å². The van der Waals surface area contributed by atoms with Crippen LogP contribution in [-0.4, -0.2) is 44.8 Å². The Hall–Kier alpha value is -0.790. The Morgan fingerprint density at radius 1 is 1.26 bits per heavy atom. The van der Waals surface area contributed by atoms with Crippen LogP contribution in [0.5, 0.6) is 0 Å². The van der Waals surface area contributed by atoms with E-state index in [0.717, 1.165) is 24.7 Å². The summed E-state index contributed by atoms with van der Waals surface area (Å²) >= 11 is 14.4. The lowest BCUT2D eigenvalue weighted by Crippen LogP contribution is -2.31. The standard InChI is InChI=1S/C20H25Cl2N3OS/c1-25-12-18(17-10-15(21)11-20(22)19(17)13-25)14-3-2-4-16(9-14)27-24-6-8-26-7-5-23/h2-4,9-11,18,24H,5-8,12-13,23H2,1H3. The molecule has 0 saturated heterocycles. The second-order valence-corrected chi connectivity index (χ2v) is 8.48. The fourth-order valence-electron chi connectivity index (χ4n) is 3.36. The van der Waals surface area contributed by atoms with Gasteiger partial charge in [0.05, 0.1) is 13.2 Å². The number of nitrogens with one attached hydrogen (secondary N) is 1. The van der Waals surface area contributed by atoms with E-state index < -0.39 is 0 Å². The zero-order valence-electron chi connectivity index (χ0n) is 15.4. The van der Waals surface area contributed by atoms with E-state index in [4.69, 9.17) is 33.7 Å². The predicted octanol–water partition coefficient (Wildman–Crippen LogP) is 4.14. The Morgan fingerprint density at radius 3 is 2.93 bits per heavy atom. The first-order valence-corrected chi connectivity index (χ1v) is 10.6. The minimum Gasteiger partial charge on any atom is -0.379 e. The van der Waals surface area contributed by atoms with Gasteiger partial charge in [0.1, 0.15) is 0 Å². The van der Waals surface area contributed by atoms with E-state index in [1.54, 1.807) is 11.9 Å². The van der Waals surface area contributed by atoms with E-state index in [2.05, 4.69) is 47.0 Å². The molecule has 7 heteroatoms. The van der Waals surface area contributed by atoms with Crippen LogP contribution in [0.1, 0.15) is 22.6 Å². The van der Waals surface area contributed by atoms with Crippen LogP contribution in [-0.2, 0) is 11.3 Å². The van der Waals surface area contributed by atoms with Crippen LogP contribution in [0.2, 0.25) is 10.0 Å². The van der Waals surface area contributed by atoms with Crippen molar-refractivity contribution in [2.75, 3.05) is 39.9 Å². The van der Waals surface area contributed by atoms with Crippen molar-refractivity contribution in [2.24, 2.45) is 5.73 Å². The van der Waals surface area contributed by atoms with Gasteiger partial charge >= 0.3 is 0 Å². The molecule has 1 aliphatic rings. The molecule has 3 N–H and O–H groups in total. The van der Waals surface area contributed by atoms with E-state index in [1.807, 2.05) is 6.07 Å². The van der Waals surface area contributed by atoms with Gasteiger partial charge in [-0.3, -0.25) is 4.72 Å². The van der Waals surface area contributed by atoms with Crippen LogP contribution < -0.4 is 10.5 Å². The van der Waals surface area contributed by atoms with Gasteiger partial charge in [0, 0.05) is 47.0 Å². The van der Waals surface area contributed by atoms with E-state index in [9.17, 15) is 0 Å². The molecule has 0 amide bonds. The van der Waals surface area contributed by atoms with Crippen LogP contribution >= 0.6 is 35.1 Å². The molecule has 0 bridgehead atoms. The molecule has 1 heterocycles. The van der Waals surface area contributed by atoms with Gasteiger partial charge in [-0.2, -0.15) is 0 Å². The smallest absolute Gasteiger partial charge is 0.0601 e. The lowest BCUT2D eigenvalue weighted by Gasteiger charge is -2.33. The molecule has 2 aromatic carbocycles. The van der Waals surface area contributed by atoms with Crippen molar-refractivity contribution in [3.8, 4) is 0 Å². The summed E-state index contributed by atoms with van der Waals surface area (Å²) in [6.45, 7) is 4.37. The third kappa shape index (κ3) is 5.61. The van der Waals surface area contributed by atoms with Crippen molar-refractivity contribution < 1.29 is 4.74 Å². The first-order valence-electron chi connectivity index (χ1n) is 9.02. The van der Waals surface area contributed by atoms with Crippen molar-refractivity contribution >= 4 is 35.1 Å². The first-order chi connectivity index (χ1) is 13.1. The molecule has 0 saturated carbocycles. The highest BCUT2D eigenvalue weighted by Crippen LogP contribution is 2.38. The molecule has 0 aromatic heterocycles. The summed E-state index contributed by atoms with van der Waals surface area (Å²) in [7, 11) is 2.13. The molecule has 27 heavy (non-hydrogen) atoms. The molecule has 4 nitrogen and oxygen atoms in total. The van der Waals surface area contributed by atoms with Crippen molar-refractivity contribution in [3.63, 3.8) is 0 Å². The maximum Gasteiger partial charge on any atom is 0.0601 e. The molecular formula is C20H25Cl2N3OS. The largest absolute Gasteiger partial charge is 0.379 e. The average molecular weight is 426 g/mol. The molecule has 0 radical (unpaired) electrons. The summed E-state index contributed by atoms with van der Waals surface area (Å²) in [5, 5.41) is 1.44. The third-order valence-electron chi connectivity index (χ3n) is 4.55. The number of halogens is 2. The SMILES string of the molecule is CN1Cc2c(Cl)cc(Cl)cc2C(c2cccc(SNCCOCCN)c2)C1. The first kappa shape index (κ1) is 20.9. The van der Waals surface area contributed by atoms with Gasteiger partial charge in [-0.1, -0.05) is 35.3 Å². The summed E-state index contributed by atoms with van der Waals surface area (Å²) in [6, 6.07) is 12.5. The van der Waals surface area contributed by atoms with Gasteiger partial charge in [0.25, 0.3) is 0 Å². The van der Waals surface area contributed by atoms with E-state index in [-0.39, 0.29) is 5.92 Å². The molecule has 1 atom stereocenters. The molecule has 146 valence electrons. The summed E-state index contributed by atoms with van der Waals surface area (Å²) in [6.07, 6.45) is 0. The number of benzene rings is 2. The van der Waals surface area contributed by atoms with Crippen molar-refractivity contribution in [1.29, 1.82) is 0 Å². The summed E-state index contributed by atoms with van der Waals surface area (Å²) in [5.74, 6) is 0.253. The maximum absolute atomic E-state index is 6.47. The Balaban J connectivity index is 1.74. The van der Waals surface area contributed by atoms with Crippen molar-refractivity contribution in [1.82, 2.24) is 9.62 Å². The van der Waals surface area contributed by atoms with Gasteiger partial charge in [0.2, 0.25) is 0 Å². The van der Waals surface area contributed by atoms with Crippen molar-refractivity contribution in [3.05, 3.63) is 63.1 Å². The molecule has 0 spiro atoms. The normalized spacial score (nSPS) is 17.1. The Bertz CT molecular complexity index is 775. The highest BCUT2D eigenvalue weighted by Gasteiger charge is 2.27. The summed E-state index contributed by atoms with van der Waals surface area (Å²) in [4.78, 5) is 3.48. The molecule has 0 fully saturated rings. The summed E-state index contributed by atoms with van der Waals surface area (Å²) in [5.41, 5.74) is 9.09. The lowest BCUT2D eigenvalue weighted by molar-refractivity contribution is 0.147. The van der Waals surface area contributed by atoms with Gasteiger partial charge in [0.15, 0.2) is 0 Å². The van der Waals surface area contributed by atoms with E-state index >= 15 is 0 Å².